The summed E-state index contributed by atoms with van der Waals surface area (Å²) in [4.78, 5) is 42.3. The molecule has 9 heteroatoms. The molecule has 0 bridgehead atoms. The summed E-state index contributed by atoms with van der Waals surface area (Å²) in [5.41, 5.74) is 0.144. The first-order valence-electron chi connectivity index (χ1n) is 11.5. The predicted octanol–water partition coefficient (Wildman–Crippen LogP) is 3.30. The molecule has 2 aliphatic heterocycles. The molecule has 1 aromatic carbocycles. The fraction of sp³-hybridized carbons (Fsp3) is 0.400. The van der Waals surface area contributed by atoms with Gasteiger partial charge in [-0.25, -0.2) is 4.79 Å². The number of hydrogen-bond acceptors (Lipinski definition) is 6. The van der Waals surface area contributed by atoms with Gasteiger partial charge in [-0.3, -0.25) is 14.5 Å². The highest BCUT2D eigenvalue weighted by Crippen LogP contribution is 2.37. The molecule has 1 saturated heterocycles. The Morgan fingerprint density at radius 3 is 2.71 bits per heavy atom. The van der Waals surface area contributed by atoms with Crippen molar-refractivity contribution in [1.29, 1.82) is 0 Å². The summed E-state index contributed by atoms with van der Waals surface area (Å²) in [6.07, 6.45) is 7.33. The molecule has 3 aliphatic rings. The number of fused-ring (bicyclic) bond motifs is 1. The van der Waals surface area contributed by atoms with Crippen LogP contribution in [0.4, 0.5) is 4.79 Å². The van der Waals surface area contributed by atoms with Gasteiger partial charge in [-0.2, -0.15) is 0 Å². The first-order chi connectivity index (χ1) is 16.5. The van der Waals surface area contributed by atoms with E-state index in [0.29, 0.717) is 36.0 Å². The summed E-state index contributed by atoms with van der Waals surface area (Å²) in [6, 6.07) is 8.12. The van der Waals surface area contributed by atoms with Crippen LogP contribution in [-0.2, 0) is 21.7 Å². The minimum absolute atomic E-state index is 0.251. The Hall–Kier alpha value is -3.75. The van der Waals surface area contributed by atoms with Crippen molar-refractivity contribution in [1.82, 2.24) is 15.1 Å². The first kappa shape index (κ1) is 22.1. The molecule has 5 rings (SSSR count). The fourth-order valence-electron chi connectivity index (χ4n) is 4.59. The van der Waals surface area contributed by atoms with Crippen LogP contribution in [0, 0.1) is 0 Å². The highest BCUT2D eigenvalue weighted by atomic mass is 16.6. The van der Waals surface area contributed by atoms with Gasteiger partial charge in [0.05, 0.1) is 12.8 Å². The second kappa shape index (κ2) is 8.89. The number of urea groups is 1. The number of benzene rings is 1. The monoisotopic (exact) mass is 465 g/mol. The van der Waals surface area contributed by atoms with Gasteiger partial charge in [0.25, 0.3) is 5.91 Å². The van der Waals surface area contributed by atoms with Crippen molar-refractivity contribution in [2.75, 3.05) is 19.8 Å². The van der Waals surface area contributed by atoms with Crippen molar-refractivity contribution in [2.45, 2.75) is 44.7 Å². The second-order valence-electron chi connectivity index (χ2n) is 8.81. The van der Waals surface area contributed by atoms with Gasteiger partial charge in [-0.15, -0.1) is 0 Å². The Labute approximate surface area is 197 Å². The molecular weight excluding hydrogens is 438 g/mol. The quantitative estimate of drug-likeness (QED) is 0.657. The SMILES string of the molecule is C[C@]1(c2ccc3c(c2)OCCO3)NC(=O)N(CC(=O)N(Cc2ccco2)C2=CCCCC2)C1=O. The van der Waals surface area contributed by atoms with Crippen LogP contribution in [-0.4, -0.2) is 47.4 Å². The lowest BCUT2D eigenvalue weighted by Crippen LogP contribution is -2.44. The smallest absolute Gasteiger partial charge is 0.325 e. The van der Waals surface area contributed by atoms with Gasteiger partial charge in [0, 0.05) is 5.70 Å². The largest absolute Gasteiger partial charge is 0.486 e. The molecular formula is C25H27N3O6. The van der Waals surface area contributed by atoms with Gasteiger partial charge < -0.3 is 24.1 Å². The summed E-state index contributed by atoms with van der Waals surface area (Å²) >= 11 is 0. The van der Waals surface area contributed by atoms with E-state index in [0.717, 1.165) is 36.3 Å². The van der Waals surface area contributed by atoms with Crippen LogP contribution in [0.25, 0.3) is 0 Å². The van der Waals surface area contributed by atoms with Gasteiger partial charge in [0.1, 0.15) is 31.1 Å². The molecule has 4 amide bonds. The predicted molar refractivity (Wildman–Crippen MR) is 121 cm³/mol. The van der Waals surface area contributed by atoms with Crippen molar-refractivity contribution >= 4 is 17.8 Å². The fourth-order valence-corrected chi connectivity index (χ4v) is 4.59. The molecule has 2 aromatic rings. The van der Waals surface area contributed by atoms with E-state index in [1.165, 1.54) is 0 Å². The standard InChI is InChI=1S/C25H27N3O6/c1-25(17-9-10-20-21(14-17)34-13-12-33-20)23(30)28(24(31)26-25)16-22(29)27(15-19-8-5-11-32-19)18-6-3-2-4-7-18/h5-6,8-11,14H,2-4,7,12-13,15-16H2,1H3,(H,26,31)/t25-/m1/s1. The third-order valence-corrected chi connectivity index (χ3v) is 6.50. The Morgan fingerprint density at radius 1 is 1.15 bits per heavy atom. The number of imide groups is 1. The van der Waals surface area contributed by atoms with Gasteiger partial charge in [0.15, 0.2) is 11.5 Å². The highest BCUT2D eigenvalue weighted by Gasteiger charge is 2.50. The molecule has 3 heterocycles. The number of ether oxygens (including phenoxy) is 2. The summed E-state index contributed by atoms with van der Waals surface area (Å²) in [5.74, 6) is 0.933. The summed E-state index contributed by atoms with van der Waals surface area (Å²) in [5, 5.41) is 2.76. The molecule has 0 saturated carbocycles. The number of allylic oxidation sites excluding steroid dienone is 2. The molecule has 0 spiro atoms. The van der Waals surface area contributed by atoms with E-state index in [1.807, 2.05) is 0 Å². The number of carbonyl (C=O) groups excluding carboxylic acids is 3. The van der Waals surface area contributed by atoms with Gasteiger partial charge in [-0.05, 0) is 62.4 Å². The molecule has 178 valence electrons. The minimum Gasteiger partial charge on any atom is -0.486 e. The molecule has 0 unspecified atom stereocenters. The maximum absolute atomic E-state index is 13.4. The molecule has 1 atom stereocenters. The average molecular weight is 466 g/mol. The van der Waals surface area contributed by atoms with Crippen LogP contribution in [0.3, 0.4) is 0 Å². The van der Waals surface area contributed by atoms with E-state index < -0.39 is 17.5 Å². The number of nitrogens with one attached hydrogen (secondary N) is 1. The van der Waals surface area contributed by atoms with Crippen molar-refractivity contribution in [3.05, 3.63) is 59.7 Å². The topological polar surface area (TPSA) is 101 Å². The van der Waals surface area contributed by atoms with E-state index in [-0.39, 0.29) is 19.0 Å². The van der Waals surface area contributed by atoms with Gasteiger partial charge >= 0.3 is 6.03 Å². The number of furan rings is 1. The third kappa shape index (κ3) is 4.02. The second-order valence-corrected chi connectivity index (χ2v) is 8.81. The van der Waals surface area contributed by atoms with E-state index in [1.54, 1.807) is 48.4 Å². The molecule has 9 nitrogen and oxygen atoms in total. The summed E-state index contributed by atoms with van der Waals surface area (Å²) in [6.45, 7) is 2.40. The molecule has 1 fully saturated rings. The third-order valence-electron chi connectivity index (χ3n) is 6.50. The van der Waals surface area contributed by atoms with Crippen LogP contribution in [0.5, 0.6) is 11.5 Å². The van der Waals surface area contributed by atoms with Crippen LogP contribution < -0.4 is 14.8 Å². The lowest BCUT2D eigenvalue weighted by Gasteiger charge is -2.28. The van der Waals surface area contributed by atoms with E-state index in [4.69, 9.17) is 13.9 Å². The van der Waals surface area contributed by atoms with Gasteiger partial charge in [-0.1, -0.05) is 12.1 Å². The number of carbonyl (C=O) groups is 3. The van der Waals surface area contributed by atoms with Crippen molar-refractivity contribution < 1.29 is 28.3 Å². The Balaban J connectivity index is 1.37. The summed E-state index contributed by atoms with van der Waals surface area (Å²) < 4.78 is 16.6. The van der Waals surface area contributed by atoms with E-state index in [9.17, 15) is 14.4 Å². The highest BCUT2D eigenvalue weighted by molar-refractivity contribution is 6.09. The molecule has 34 heavy (non-hydrogen) atoms. The molecule has 0 radical (unpaired) electrons. The average Bonchev–Trinajstić information content (AvgIpc) is 3.45. The minimum atomic E-state index is -1.32. The zero-order valence-electron chi connectivity index (χ0n) is 19.0. The molecule has 1 aromatic heterocycles. The van der Waals surface area contributed by atoms with Crippen molar-refractivity contribution in [3.8, 4) is 11.5 Å². The molecule has 1 N–H and O–H groups in total. The lowest BCUT2D eigenvalue weighted by molar-refractivity contribution is -0.138. The van der Waals surface area contributed by atoms with Crippen molar-refractivity contribution in [3.63, 3.8) is 0 Å². The number of rotatable bonds is 6. The summed E-state index contributed by atoms with van der Waals surface area (Å²) in [7, 11) is 0. The maximum atomic E-state index is 13.4. The van der Waals surface area contributed by atoms with Gasteiger partial charge in [0.2, 0.25) is 5.91 Å². The number of amides is 4. The van der Waals surface area contributed by atoms with Crippen LogP contribution in [0.2, 0.25) is 0 Å². The van der Waals surface area contributed by atoms with Crippen molar-refractivity contribution in [2.24, 2.45) is 0 Å². The van der Waals surface area contributed by atoms with Crippen LogP contribution >= 0.6 is 0 Å². The number of nitrogens with zero attached hydrogens (tertiary/aromatic N) is 2. The van der Waals surface area contributed by atoms with Crippen LogP contribution in [0.15, 0.2) is 52.8 Å². The maximum Gasteiger partial charge on any atom is 0.325 e. The Morgan fingerprint density at radius 2 is 1.97 bits per heavy atom. The number of hydrogen-bond donors (Lipinski definition) is 1. The molecule has 1 aliphatic carbocycles. The zero-order valence-corrected chi connectivity index (χ0v) is 19.0. The van der Waals surface area contributed by atoms with Crippen LogP contribution in [0.1, 0.15) is 43.9 Å². The van der Waals surface area contributed by atoms with E-state index in [2.05, 4.69) is 11.4 Å². The normalized spacial score (nSPS) is 21.8. The lowest BCUT2D eigenvalue weighted by atomic mass is 9.91. The Kier molecular flexibility index (Phi) is 5.77. The Bertz CT molecular complexity index is 1140. The first-order valence-corrected chi connectivity index (χ1v) is 11.5. The van der Waals surface area contributed by atoms with E-state index >= 15 is 0 Å². The zero-order chi connectivity index (χ0) is 23.7.